The first-order valence-electron chi connectivity index (χ1n) is 7.03. The molecule has 2 aromatic rings. The van der Waals surface area contributed by atoms with Crippen molar-refractivity contribution in [1.29, 1.82) is 0 Å². The predicted octanol–water partition coefficient (Wildman–Crippen LogP) is 3.52. The van der Waals surface area contributed by atoms with Gasteiger partial charge in [-0.3, -0.25) is 19.7 Å². The summed E-state index contributed by atoms with van der Waals surface area (Å²) >= 11 is 7.07. The van der Waals surface area contributed by atoms with Crippen LogP contribution in [0.25, 0.3) is 0 Å². The summed E-state index contributed by atoms with van der Waals surface area (Å²) in [4.78, 5) is 34.1. The lowest BCUT2D eigenvalue weighted by Gasteiger charge is -2.07. The Labute approximate surface area is 152 Å². The third-order valence-corrected chi connectivity index (χ3v) is 4.23. The average molecular weight is 381 g/mol. The fraction of sp³-hybridized carbons (Fsp3) is 0.125. The van der Waals surface area contributed by atoms with Crippen molar-refractivity contribution in [2.24, 2.45) is 0 Å². The van der Waals surface area contributed by atoms with Crippen molar-refractivity contribution in [3.63, 3.8) is 0 Å². The van der Waals surface area contributed by atoms with Gasteiger partial charge in [-0.15, -0.1) is 11.8 Å². The van der Waals surface area contributed by atoms with Crippen LogP contribution in [0, 0.1) is 10.1 Å². The summed E-state index contributed by atoms with van der Waals surface area (Å²) in [6.45, 7) is -0.426. The van der Waals surface area contributed by atoms with Gasteiger partial charge < -0.3 is 10.1 Å². The Balaban J connectivity index is 1.74. The number of anilines is 1. The fourth-order valence-corrected chi connectivity index (χ4v) is 2.62. The number of nitrogens with one attached hydrogen (secondary N) is 1. The molecule has 0 aliphatic rings. The first-order chi connectivity index (χ1) is 12.0. The molecule has 1 N–H and O–H groups in total. The number of hydrogen-bond donors (Lipinski definition) is 1. The zero-order chi connectivity index (χ0) is 18.2. The summed E-state index contributed by atoms with van der Waals surface area (Å²) in [5, 5.41) is 13.5. The molecule has 9 heteroatoms. The highest BCUT2D eigenvalue weighted by molar-refractivity contribution is 8.00. The summed E-state index contributed by atoms with van der Waals surface area (Å²) in [7, 11) is 0. The molecule has 0 bridgehead atoms. The quantitative estimate of drug-likeness (QED) is 0.341. The van der Waals surface area contributed by atoms with Gasteiger partial charge in [-0.25, -0.2) is 0 Å². The van der Waals surface area contributed by atoms with Gasteiger partial charge in [0.15, 0.2) is 6.61 Å². The third-order valence-electron chi connectivity index (χ3n) is 2.92. The van der Waals surface area contributed by atoms with Crippen molar-refractivity contribution in [1.82, 2.24) is 0 Å². The molecule has 0 unspecified atom stereocenters. The fourth-order valence-electron chi connectivity index (χ4n) is 1.74. The Morgan fingerprint density at radius 2 is 1.84 bits per heavy atom. The molecule has 7 nitrogen and oxygen atoms in total. The number of hydrogen-bond acceptors (Lipinski definition) is 6. The molecule has 0 heterocycles. The number of ether oxygens (including phenoxy) is 1. The maximum atomic E-state index is 11.7. The zero-order valence-corrected chi connectivity index (χ0v) is 14.4. The van der Waals surface area contributed by atoms with E-state index in [9.17, 15) is 19.7 Å². The maximum Gasteiger partial charge on any atom is 0.316 e. The lowest BCUT2D eigenvalue weighted by molar-refractivity contribution is -0.384. The molecular formula is C16H13ClN2O5S. The Morgan fingerprint density at radius 1 is 1.16 bits per heavy atom. The van der Waals surface area contributed by atoms with Crippen molar-refractivity contribution in [3.05, 3.63) is 63.7 Å². The van der Waals surface area contributed by atoms with Gasteiger partial charge in [0.1, 0.15) is 0 Å². The number of rotatable bonds is 7. The van der Waals surface area contributed by atoms with Gasteiger partial charge in [0.2, 0.25) is 0 Å². The van der Waals surface area contributed by atoms with Crippen LogP contribution in [0.2, 0.25) is 5.02 Å². The minimum absolute atomic E-state index is 0.0167. The lowest BCUT2D eigenvalue weighted by atomic mass is 10.3. The minimum atomic E-state index is -0.572. The van der Waals surface area contributed by atoms with E-state index in [4.69, 9.17) is 16.3 Å². The first-order valence-corrected chi connectivity index (χ1v) is 8.39. The summed E-state index contributed by atoms with van der Waals surface area (Å²) in [6, 6.07) is 12.5. The summed E-state index contributed by atoms with van der Waals surface area (Å²) in [5.41, 5.74) is 0.411. The molecule has 25 heavy (non-hydrogen) atoms. The minimum Gasteiger partial charge on any atom is -0.455 e. The second-order valence-electron chi connectivity index (χ2n) is 4.73. The van der Waals surface area contributed by atoms with Gasteiger partial charge in [0.05, 0.1) is 21.4 Å². The molecule has 0 radical (unpaired) electrons. The number of non-ortho nitro benzene ring substituents is 1. The number of halogens is 1. The van der Waals surface area contributed by atoms with Crippen LogP contribution < -0.4 is 5.32 Å². The van der Waals surface area contributed by atoms with E-state index in [2.05, 4.69) is 5.32 Å². The molecule has 1 amide bonds. The Bertz CT molecular complexity index is 782. The number of thioether (sulfide) groups is 1. The molecule has 0 aliphatic heterocycles. The van der Waals surface area contributed by atoms with E-state index < -0.39 is 23.4 Å². The van der Waals surface area contributed by atoms with Gasteiger partial charge in [0.25, 0.3) is 11.6 Å². The summed E-state index contributed by atoms with van der Waals surface area (Å²) in [5.74, 6) is -1.09. The smallest absolute Gasteiger partial charge is 0.316 e. The Morgan fingerprint density at radius 3 is 2.48 bits per heavy atom. The molecule has 0 fully saturated rings. The number of nitro groups is 1. The number of esters is 1. The van der Waals surface area contributed by atoms with Crippen LogP contribution in [0.15, 0.2) is 53.4 Å². The number of benzene rings is 2. The van der Waals surface area contributed by atoms with Crippen molar-refractivity contribution < 1.29 is 19.2 Å². The molecule has 0 aliphatic carbocycles. The molecule has 0 spiro atoms. The number of nitrogens with zero attached hydrogens (tertiary/aromatic N) is 1. The maximum absolute atomic E-state index is 11.7. The molecule has 0 saturated carbocycles. The van der Waals surface area contributed by atoms with E-state index in [0.29, 0.717) is 15.6 Å². The first kappa shape index (κ1) is 18.8. The topological polar surface area (TPSA) is 98.5 Å². The highest BCUT2D eigenvalue weighted by atomic mass is 35.5. The van der Waals surface area contributed by atoms with Crippen LogP contribution in [-0.4, -0.2) is 29.2 Å². The average Bonchev–Trinajstić information content (AvgIpc) is 2.60. The van der Waals surface area contributed by atoms with Crippen molar-refractivity contribution in [2.45, 2.75) is 4.90 Å². The molecule has 2 rings (SSSR count). The zero-order valence-electron chi connectivity index (χ0n) is 12.8. The number of amides is 1. The van der Waals surface area contributed by atoms with E-state index in [1.54, 1.807) is 36.4 Å². The molecular weight excluding hydrogens is 368 g/mol. The van der Waals surface area contributed by atoms with Crippen molar-refractivity contribution in [3.8, 4) is 0 Å². The number of nitro benzene ring substituents is 1. The monoisotopic (exact) mass is 380 g/mol. The highest BCUT2D eigenvalue weighted by Gasteiger charge is 2.11. The van der Waals surface area contributed by atoms with Crippen LogP contribution >= 0.6 is 23.4 Å². The number of para-hydroxylation sites is 1. The van der Waals surface area contributed by atoms with E-state index in [0.717, 1.165) is 11.8 Å². The molecule has 130 valence electrons. The standard InChI is InChI=1S/C16H13ClN2O5S/c17-13-3-1-2-4-14(13)18-15(20)9-24-16(21)10-25-12-7-5-11(6-8-12)19(22)23/h1-8H,9-10H2,(H,18,20). The normalized spacial score (nSPS) is 10.1. The van der Waals surface area contributed by atoms with E-state index in [1.807, 2.05) is 0 Å². The molecule has 2 aromatic carbocycles. The summed E-state index contributed by atoms with van der Waals surface area (Å²) < 4.78 is 4.88. The van der Waals surface area contributed by atoms with Crippen LogP contribution in [0.5, 0.6) is 0 Å². The van der Waals surface area contributed by atoms with Crippen LogP contribution in [0.3, 0.4) is 0 Å². The van der Waals surface area contributed by atoms with Gasteiger partial charge in [-0.2, -0.15) is 0 Å². The van der Waals surface area contributed by atoms with Crippen molar-refractivity contribution in [2.75, 3.05) is 17.7 Å². The van der Waals surface area contributed by atoms with E-state index in [-0.39, 0.29) is 11.4 Å². The third kappa shape index (κ3) is 6.09. The van der Waals surface area contributed by atoms with Gasteiger partial charge in [-0.05, 0) is 24.3 Å². The van der Waals surface area contributed by atoms with Gasteiger partial charge in [-0.1, -0.05) is 23.7 Å². The molecule has 0 aromatic heterocycles. The van der Waals surface area contributed by atoms with Crippen molar-refractivity contribution >= 4 is 46.6 Å². The Hall–Kier alpha value is -2.58. The number of carbonyl (C=O) groups is 2. The second kappa shape index (κ2) is 9.05. The highest BCUT2D eigenvalue weighted by Crippen LogP contribution is 2.22. The van der Waals surface area contributed by atoms with Gasteiger partial charge >= 0.3 is 5.97 Å². The largest absolute Gasteiger partial charge is 0.455 e. The molecule has 0 saturated heterocycles. The van der Waals surface area contributed by atoms with Crippen LogP contribution in [0.1, 0.15) is 0 Å². The molecule has 0 atom stereocenters. The number of carbonyl (C=O) groups excluding carboxylic acids is 2. The van der Waals surface area contributed by atoms with Gasteiger partial charge in [0, 0.05) is 17.0 Å². The Kier molecular flexibility index (Phi) is 6.79. The predicted molar refractivity (Wildman–Crippen MR) is 94.9 cm³/mol. The second-order valence-corrected chi connectivity index (χ2v) is 6.18. The van der Waals surface area contributed by atoms with Crippen LogP contribution in [0.4, 0.5) is 11.4 Å². The van der Waals surface area contributed by atoms with Crippen LogP contribution in [-0.2, 0) is 14.3 Å². The SMILES string of the molecule is O=C(COC(=O)CSc1ccc([N+](=O)[O-])cc1)Nc1ccccc1Cl. The van der Waals surface area contributed by atoms with E-state index in [1.165, 1.54) is 12.1 Å². The summed E-state index contributed by atoms with van der Waals surface area (Å²) in [6.07, 6.45) is 0. The lowest BCUT2D eigenvalue weighted by Crippen LogP contribution is -2.21. The van der Waals surface area contributed by atoms with E-state index >= 15 is 0 Å².